The summed E-state index contributed by atoms with van der Waals surface area (Å²) in [6.45, 7) is 7.62. The van der Waals surface area contributed by atoms with E-state index in [0.717, 1.165) is 12.8 Å². The fourth-order valence-corrected chi connectivity index (χ4v) is 6.70. The Hall–Kier alpha value is -0.650. The number of fused-ring (bicyclic) bond motifs is 4. The second kappa shape index (κ2) is 5.18. The first-order valence-electron chi connectivity index (χ1n) is 9.53. The maximum absolute atomic E-state index is 12.6. The molecule has 0 aromatic carbocycles. The smallest absolute Gasteiger partial charge is 0.310 e. The molecule has 4 rings (SSSR count). The second-order valence-corrected chi connectivity index (χ2v) is 9.58. The number of aliphatic hydroxyl groups is 1. The van der Waals surface area contributed by atoms with Crippen molar-refractivity contribution < 1.29 is 23.9 Å². The van der Waals surface area contributed by atoms with Crippen molar-refractivity contribution in [1.29, 1.82) is 0 Å². The number of likely N-dealkylation sites (N-methyl/N-ethyl adjacent to an activating group) is 1. The van der Waals surface area contributed by atoms with E-state index in [9.17, 15) is 9.90 Å². The van der Waals surface area contributed by atoms with Crippen molar-refractivity contribution >= 4 is 5.97 Å². The van der Waals surface area contributed by atoms with E-state index < -0.39 is 0 Å². The van der Waals surface area contributed by atoms with Crippen LogP contribution < -0.4 is 0 Å². The number of rotatable bonds is 4. The molecule has 4 aliphatic rings. The van der Waals surface area contributed by atoms with E-state index >= 15 is 0 Å². The molecule has 5 nitrogen and oxygen atoms in total. The first kappa shape index (κ1) is 16.8. The zero-order chi connectivity index (χ0) is 17.4. The van der Waals surface area contributed by atoms with Crippen molar-refractivity contribution in [2.24, 2.45) is 35.0 Å². The molecule has 2 saturated heterocycles. The molecule has 2 bridgehead atoms. The van der Waals surface area contributed by atoms with Gasteiger partial charge in [-0.3, -0.25) is 4.79 Å². The number of esters is 1. The van der Waals surface area contributed by atoms with Gasteiger partial charge in [0.15, 0.2) is 6.23 Å². The fourth-order valence-electron chi connectivity index (χ4n) is 6.70. The fraction of sp³-hybridized carbons (Fsp3) is 0.947. The van der Waals surface area contributed by atoms with Crippen LogP contribution in [0.2, 0.25) is 0 Å². The number of carbonyl (C=O) groups is 1. The molecular formula is C19H32NO4+. The number of hydrogen-bond donors (Lipinski definition) is 1. The zero-order valence-electron chi connectivity index (χ0n) is 15.6. The summed E-state index contributed by atoms with van der Waals surface area (Å²) in [5.74, 6) is 1.61. The summed E-state index contributed by atoms with van der Waals surface area (Å²) in [5, 5.41) is 9.47. The largest absolute Gasteiger partial charge is 0.459 e. The highest BCUT2D eigenvalue weighted by molar-refractivity contribution is 5.77. The number of quaternary nitrogens is 1. The van der Waals surface area contributed by atoms with Gasteiger partial charge in [0.25, 0.3) is 0 Å². The molecule has 136 valence electrons. The number of nitrogens with zero attached hydrogens (tertiary/aromatic N) is 1. The zero-order valence-corrected chi connectivity index (χ0v) is 15.6. The number of carbonyl (C=O) groups excluding carboxylic acids is 1. The lowest BCUT2D eigenvalue weighted by Crippen LogP contribution is -2.54. The van der Waals surface area contributed by atoms with E-state index in [1.807, 2.05) is 0 Å². The van der Waals surface area contributed by atoms with Gasteiger partial charge in [-0.2, -0.15) is 0 Å². The minimum Gasteiger partial charge on any atom is -0.459 e. The Bertz CT molecular complexity index is 547. The molecule has 0 unspecified atom stereocenters. The molecule has 1 N–H and O–H groups in total. The van der Waals surface area contributed by atoms with Crippen LogP contribution in [0.1, 0.15) is 33.6 Å². The third kappa shape index (κ3) is 1.89. The van der Waals surface area contributed by atoms with Crippen LogP contribution in [-0.4, -0.2) is 61.2 Å². The summed E-state index contributed by atoms with van der Waals surface area (Å²) >= 11 is 0. The highest BCUT2D eigenvalue weighted by atomic mass is 16.6. The van der Waals surface area contributed by atoms with E-state index in [0.29, 0.717) is 28.8 Å². The average Bonchev–Trinajstić information content (AvgIpc) is 3.06. The first-order chi connectivity index (χ1) is 11.2. The van der Waals surface area contributed by atoms with Crippen molar-refractivity contribution in [3.05, 3.63) is 0 Å². The predicted octanol–water partition coefficient (Wildman–Crippen LogP) is 1.64. The molecule has 2 saturated carbocycles. The standard InChI is InChI=1S/C19H32NO4/c1-10(2)13-14-11-6-7-12-17(20(4,5)8-9-21)24-16(19(11,12)3)15(13)23-18(14)22/h10-17,21H,6-9H2,1-5H3/q+1/t11-,12+,13-,14+,15-,16+,17-,19+/m0/s1. The van der Waals surface area contributed by atoms with Gasteiger partial charge >= 0.3 is 5.97 Å². The van der Waals surface area contributed by atoms with Crippen LogP contribution >= 0.6 is 0 Å². The minimum absolute atomic E-state index is 0.00573. The monoisotopic (exact) mass is 338 g/mol. The third-order valence-electron chi connectivity index (χ3n) is 7.82. The molecule has 0 amide bonds. The van der Waals surface area contributed by atoms with Gasteiger partial charge in [-0.1, -0.05) is 20.8 Å². The molecule has 2 heterocycles. The Morgan fingerprint density at radius 3 is 2.58 bits per heavy atom. The molecule has 4 fully saturated rings. The molecule has 8 atom stereocenters. The summed E-state index contributed by atoms with van der Waals surface area (Å²) < 4.78 is 13.2. The lowest BCUT2D eigenvalue weighted by Gasteiger charge is -2.46. The SMILES string of the molecule is CC(C)[C@@H]1[C@@H]2OC(=O)[C@@H]1[C@@H]1CC[C@@H]3[C@@H]([N+](C)(C)CCO)O[C@H]2[C@@]31C. The molecule has 0 radical (unpaired) electrons. The normalized spacial score (nSPS) is 49.6. The predicted molar refractivity (Wildman–Crippen MR) is 88.7 cm³/mol. The lowest BCUT2D eigenvalue weighted by atomic mass is 9.55. The Morgan fingerprint density at radius 2 is 1.96 bits per heavy atom. The van der Waals surface area contributed by atoms with Crippen molar-refractivity contribution in [2.75, 3.05) is 27.2 Å². The van der Waals surface area contributed by atoms with Crippen molar-refractivity contribution in [3.63, 3.8) is 0 Å². The Kier molecular flexibility index (Phi) is 3.63. The number of ether oxygens (including phenoxy) is 2. The van der Waals surface area contributed by atoms with E-state index in [-0.39, 0.29) is 48.3 Å². The topological polar surface area (TPSA) is 55.8 Å². The van der Waals surface area contributed by atoms with Crippen LogP contribution in [0.15, 0.2) is 0 Å². The van der Waals surface area contributed by atoms with Crippen molar-refractivity contribution in [1.82, 2.24) is 0 Å². The minimum atomic E-state index is -0.0940. The Balaban J connectivity index is 1.74. The summed E-state index contributed by atoms with van der Waals surface area (Å²) in [6, 6.07) is 0. The van der Waals surface area contributed by atoms with Gasteiger partial charge in [0.1, 0.15) is 18.8 Å². The second-order valence-electron chi connectivity index (χ2n) is 9.58. The van der Waals surface area contributed by atoms with E-state index in [1.54, 1.807) is 0 Å². The summed E-state index contributed by atoms with van der Waals surface area (Å²) in [6.07, 6.45) is 2.22. The highest BCUT2D eigenvalue weighted by Crippen LogP contribution is 2.68. The molecule has 24 heavy (non-hydrogen) atoms. The lowest BCUT2D eigenvalue weighted by molar-refractivity contribution is -0.940. The van der Waals surface area contributed by atoms with E-state index in [1.165, 1.54) is 0 Å². The third-order valence-corrected chi connectivity index (χ3v) is 7.82. The van der Waals surface area contributed by atoms with E-state index in [2.05, 4.69) is 34.9 Å². The Morgan fingerprint density at radius 1 is 1.29 bits per heavy atom. The average molecular weight is 338 g/mol. The van der Waals surface area contributed by atoms with Gasteiger partial charge in [-0.15, -0.1) is 0 Å². The summed E-state index contributed by atoms with van der Waals surface area (Å²) in [4.78, 5) is 12.6. The number of aliphatic hydroxyl groups excluding tert-OH is 1. The molecule has 2 aliphatic carbocycles. The first-order valence-corrected chi connectivity index (χ1v) is 9.53. The summed E-state index contributed by atoms with van der Waals surface area (Å²) in [5.41, 5.74) is 0.0303. The van der Waals surface area contributed by atoms with Gasteiger partial charge in [-0.25, -0.2) is 0 Å². The molecular weight excluding hydrogens is 306 g/mol. The molecule has 0 aromatic rings. The quantitative estimate of drug-likeness (QED) is 0.625. The van der Waals surface area contributed by atoms with E-state index in [4.69, 9.17) is 9.47 Å². The van der Waals surface area contributed by atoms with Gasteiger partial charge in [-0.05, 0) is 24.7 Å². The van der Waals surface area contributed by atoms with Crippen LogP contribution in [0.5, 0.6) is 0 Å². The van der Waals surface area contributed by atoms with Crippen LogP contribution in [-0.2, 0) is 14.3 Å². The summed E-state index contributed by atoms with van der Waals surface area (Å²) in [7, 11) is 4.30. The van der Waals surface area contributed by atoms with Gasteiger partial charge in [0.2, 0.25) is 0 Å². The van der Waals surface area contributed by atoms with Gasteiger partial charge in [0, 0.05) is 17.3 Å². The van der Waals surface area contributed by atoms with Crippen LogP contribution in [0.3, 0.4) is 0 Å². The maximum atomic E-state index is 12.6. The van der Waals surface area contributed by atoms with Crippen LogP contribution in [0.25, 0.3) is 0 Å². The van der Waals surface area contributed by atoms with Crippen LogP contribution in [0, 0.1) is 35.0 Å². The molecule has 5 heteroatoms. The van der Waals surface area contributed by atoms with Gasteiger partial charge < -0.3 is 19.1 Å². The molecule has 0 aromatic heterocycles. The van der Waals surface area contributed by atoms with Crippen molar-refractivity contribution in [2.45, 2.75) is 52.0 Å². The van der Waals surface area contributed by atoms with Crippen LogP contribution in [0.4, 0.5) is 0 Å². The highest BCUT2D eigenvalue weighted by Gasteiger charge is 2.75. The maximum Gasteiger partial charge on any atom is 0.310 e. The molecule has 2 aliphatic heterocycles. The van der Waals surface area contributed by atoms with Crippen molar-refractivity contribution in [3.8, 4) is 0 Å². The number of hydrogen-bond acceptors (Lipinski definition) is 4. The molecule has 0 spiro atoms. The van der Waals surface area contributed by atoms with Gasteiger partial charge in [0.05, 0.1) is 26.6 Å². The Labute approximate surface area is 144 Å².